The van der Waals surface area contributed by atoms with E-state index in [1.54, 1.807) is 30.3 Å². The van der Waals surface area contributed by atoms with Crippen molar-refractivity contribution in [3.63, 3.8) is 0 Å². The highest BCUT2D eigenvalue weighted by Gasteiger charge is 2.12. The van der Waals surface area contributed by atoms with Gasteiger partial charge in [0.25, 0.3) is 11.8 Å². The van der Waals surface area contributed by atoms with Crippen LogP contribution in [0.15, 0.2) is 88.4 Å². The smallest absolute Gasteiger partial charge is 0.275 e. The summed E-state index contributed by atoms with van der Waals surface area (Å²) in [4.78, 5) is 24.6. The number of carbonyl (C=O) groups excluding carboxylic acids is 2. The summed E-state index contributed by atoms with van der Waals surface area (Å²) in [6.45, 7) is 1.83. The third-order valence-corrected chi connectivity index (χ3v) is 5.76. The number of fused-ring (bicyclic) bond motifs is 1. The Labute approximate surface area is 210 Å². The molecule has 0 aliphatic rings. The summed E-state index contributed by atoms with van der Waals surface area (Å²) in [5.41, 5.74) is 5.06. The maximum Gasteiger partial charge on any atom is 0.275 e. The Balaban J connectivity index is 1.33. The maximum atomic E-state index is 12.5. The van der Waals surface area contributed by atoms with Crippen LogP contribution in [0, 0.1) is 6.92 Å². The van der Waals surface area contributed by atoms with Crippen LogP contribution in [0.3, 0.4) is 0 Å². The van der Waals surface area contributed by atoms with Crippen LogP contribution in [-0.4, -0.2) is 29.7 Å². The normalized spacial score (nSPS) is 10.9. The van der Waals surface area contributed by atoms with Crippen molar-refractivity contribution >= 4 is 50.4 Å². The summed E-state index contributed by atoms with van der Waals surface area (Å²) in [5, 5.41) is 18.6. The zero-order chi connectivity index (χ0) is 24.8. The lowest BCUT2D eigenvalue weighted by molar-refractivity contribution is -0.118. The van der Waals surface area contributed by atoms with E-state index in [-0.39, 0.29) is 23.8 Å². The number of hydrazone groups is 1. The molecule has 0 atom stereocenters. The van der Waals surface area contributed by atoms with Gasteiger partial charge in [-0.25, -0.2) is 5.43 Å². The first-order valence-corrected chi connectivity index (χ1v) is 11.5. The van der Waals surface area contributed by atoms with E-state index in [1.165, 1.54) is 6.21 Å². The Morgan fingerprint density at radius 3 is 2.43 bits per heavy atom. The summed E-state index contributed by atoms with van der Waals surface area (Å²) in [6.07, 6.45) is 1.47. The topological polar surface area (TPSA) is 100 Å². The zero-order valence-electron chi connectivity index (χ0n) is 18.8. The number of phenolic OH excluding ortho intramolecular Hbond substituents is 1. The molecule has 0 aliphatic heterocycles. The van der Waals surface area contributed by atoms with E-state index in [9.17, 15) is 14.7 Å². The van der Waals surface area contributed by atoms with E-state index in [0.717, 1.165) is 16.3 Å². The lowest BCUT2D eigenvalue weighted by atomic mass is 10.1. The number of amides is 2. The van der Waals surface area contributed by atoms with Gasteiger partial charge in [-0.15, -0.1) is 0 Å². The second kappa shape index (κ2) is 10.8. The second-order valence-corrected chi connectivity index (χ2v) is 8.66. The standard InChI is InChI=1S/C27H22BrN3O4/c1-17-6-9-21(10-7-17)30-26(33)16-35-25-11-8-18(12-23(25)28)15-29-31-27(34)22-13-19-4-2-3-5-20(19)14-24(22)32/h2-15,32H,16H2,1H3,(H,30,33)(H,31,34). The molecule has 7 nitrogen and oxygen atoms in total. The first-order chi connectivity index (χ1) is 16.9. The van der Waals surface area contributed by atoms with Gasteiger partial charge in [-0.2, -0.15) is 5.10 Å². The molecule has 35 heavy (non-hydrogen) atoms. The number of anilines is 1. The van der Waals surface area contributed by atoms with Crippen molar-refractivity contribution < 1.29 is 19.4 Å². The van der Waals surface area contributed by atoms with Crippen molar-refractivity contribution in [2.75, 3.05) is 11.9 Å². The molecule has 0 heterocycles. The highest BCUT2D eigenvalue weighted by Crippen LogP contribution is 2.26. The summed E-state index contributed by atoms with van der Waals surface area (Å²) >= 11 is 3.42. The van der Waals surface area contributed by atoms with Crippen LogP contribution in [0.5, 0.6) is 11.5 Å². The second-order valence-electron chi connectivity index (χ2n) is 7.81. The van der Waals surface area contributed by atoms with E-state index in [0.29, 0.717) is 21.5 Å². The number of aromatic hydroxyl groups is 1. The number of benzene rings is 4. The number of aryl methyl sites for hydroxylation is 1. The number of halogens is 1. The minimum Gasteiger partial charge on any atom is -0.507 e. The van der Waals surface area contributed by atoms with E-state index in [1.807, 2.05) is 55.5 Å². The van der Waals surface area contributed by atoms with Gasteiger partial charge in [0.1, 0.15) is 11.5 Å². The Bertz CT molecular complexity index is 1420. The molecule has 0 radical (unpaired) electrons. The van der Waals surface area contributed by atoms with Gasteiger partial charge in [0.2, 0.25) is 0 Å². The molecule has 8 heteroatoms. The number of nitrogens with zero attached hydrogens (tertiary/aromatic N) is 1. The largest absolute Gasteiger partial charge is 0.507 e. The van der Waals surface area contributed by atoms with Crippen LogP contribution < -0.4 is 15.5 Å². The van der Waals surface area contributed by atoms with Crippen molar-refractivity contribution in [2.45, 2.75) is 6.92 Å². The highest BCUT2D eigenvalue weighted by molar-refractivity contribution is 9.10. The van der Waals surface area contributed by atoms with Crippen LogP contribution in [-0.2, 0) is 4.79 Å². The molecule has 0 bridgehead atoms. The van der Waals surface area contributed by atoms with Gasteiger partial charge in [0, 0.05) is 5.69 Å². The first kappa shape index (κ1) is 24.0. The number of rotatable bonds is 7. The molecule has 0 saturated carbocycles. The van der Waals surface area contributed by atoms with Gasteiger partial charge in [-0.3, -0.25) is 9.59 Å². The monoisotopic (exact) mass is 531 g/mol. The molecule has 3 N–H and O–H groups in total. The zero-order valence-corrected chi connectivity index (χ0v) is 20.4. The predicted molar refractivity (Wildman–Crippen MR) is 140 cm³/mol. The van der Waals surface area contributed by atoms with Crippen molar-refractivity contribution in [1.82, 2.24) is 5.43 Å². The molecule has 0 fully saturated rings. The minimum atomic E-state index is -0.525. The number of hydrogen-bond donors (Lipinski definition) is 3. The summed E-state index contributed by atoms with van der Waals surface area (Å²) in [5.74, 6) is -0.424. The molecule has 4 aromatic rings. The van der Waals surface area contributed by atoms with E-state index >= 15 is 0 Å². The molecule has 176 valence electrons. The molecule has 0 spiro atoms. The van der Waals surface area contributed by atoms with E-state index in [2.05, 4.69) is 31.8 Å². The average molecular weight is 532 g/mol. The van der Waals surface area contributed by atoms with Crippen molar-refractivity contribution in [1.29, 1.82) is 0 Å². The summed E-state index contributed by atoms with van der Waals surface area (Å²) < 4.78 is 6.23. The van der Waals surface area contributed by atoms with Gasteiger partial charge in [0.05, 0.1) is 16.3 Å². The number of ether oxygens (including phenoxy) is 1. The first-order valence-electron chi connectivity index (χ1n) is 10.7. The van der Waals surface area contributed by atoms with Crippen molar-refractivity contribution in [3.8, 4) is 11.5 Å². The molecule has 4 rings (SSSR count). The van der Waals surface area contributed by atoms with Crippen LogP contribution in [0.25, 0.3) is 10.8 Å². The number of phenols is 1. The fraction of sp³-hybridized carbons (Fsp3) is 0.0741. The quantitative estimate of drug-likeness (QED) is 0.219. The average Bonchev–Trinajstić information content (AvgIpc) is 2.84. The minimum absolute atomic E-state index is 0.118. The lowest BCUT2D eigenvalue weighted by Gasteiger charge is -2.09. The van der Waals surface area contributed by atoms with Crippen molar-refractivity contribution in [3.05, 3.63) is 100 Å². The molecular weight excluding hydrogens is 510 g/mol. The number of hydrogen-bond acceptors (Lipinski definition) is 5. The summed E-state index contributed by atoms with van der Waals surface area (Å²) in [7, 11) is 0. The third-order valence-electron chi connectivity index (χ3n) is 5.14. The third kappa shape index (κ3) is 6.24. The van der Waals surface area contributed by atoms with Crippen LogP contribution in [0.1, 0.15) is 21.5 Å². The van der Waals surface area contributed by atoms with E-state index in [4.69, 9.17) is 4.74 Å². The van der Waals surface area contributed by atoms with Crippen LogP contribution in [0.2, 0.25) is 0 Å². The van der Waals surface area contributed by atoms with Gasteiger partial charge >= 0.3 is 0 Å². The maximum absolute atomic E-state index is 12.5. The Morgan fingerprint density at radius 2 is 1.71 bits per heavy atom. The molecule has 2 amide bonds. The fourth-order valence-electron chi connectivity index (χ4n) is 3.33. The molecule has 4 aromatic carbocycles. The molecule has 0 saturated heterocycles. The van der Waals surface area contributed by atoms with Crippen LogP contribution in [0.4, 0.5) is 5.69 Å². The Hall–Kier alpha value is -4.17. The Morgan fingerprint density at radius 1 is 1.00 bits per heavy atom. The lowest BCUT2D eigenvalue weighted by Crippen LogP contribution is -2.20. The molecular formula is C27H22BrN3O4. The van der Waals surface area contributed by atoms with Gasteiger partial charge in [0.15, 0.2) is 6.61 Å². The molecule has 0 unspecified atom stereocenters. The SMILES string of the molecule is Cc1ccc(NC(=O)COc2ccc(C=NNC(=O)c3cc4ccccc4cc3O)cc2Br)cc1. The van der Waals surface area contributed by atoms with Crippen LogP contribution >= 0.6 is 15.9 Å². The number of carbonyl (C=O) groups is 2. The molecule has 0 aromatic heterocycles. The number of nitrogens with one attached hydrogen (secondary N) is 2. The van der Waals surface area contributed by atoms with E-state index < -0.39 is 5.91 Å². The van der Waals surface area contributed by atoms with Crippen molar-refractivity contribution in [2.24, 2.45) is 5.10 Å². The van der Waals surface area contributed by atoms with Gasteiger partial charge < -0.3 is 15.2 Å². The highest BCUT2D eigenvalue weighted by atomic mass is 79.9. The fourth-order valence-corrected chi connectivity index (χ4v) is 3.84. The van der Waals surface area contributed by atoms with Gasteiger partial charge in [-0.1, -0.05) is 42.0 Å². The predicted octanol–water partition coefficient (Wildman–Crippen LogP) is 5.40. The summed E-state index contributed by atoms with van der Waals surface area (Å²) in [6, 6.07) is 23.3. The van der Waals surface area contributed by atoms with Gasteiger partial charge in [-0.05, 0) is 81.7 Å². The Kier molecular flexibility index (Phi) is 7.42. The molecule has 0 aliphatic carbocycles.